The monoisotopic (exact) mass is 275 g/mol. The number of hydrogen-bond donors (Lipinski definition) is 0. The second-order valence-corrected chi connectivity index (χ2v) is 6.29. The smallest absolute Gasteiger partial charge is 0.182 e. The van der Waals surface area contributed by atoms with Gasteiger partial charge in [0.25, 0.3) is 0 Å². The maximum Gasteiger partial charge on any atom is 0.182 e. The average Bonchev–Trinajstić information content (AvgIpc) is 2.47. The topological polar surface area (TPSA) is 31.4 Å². The Balaban J connectivity index is 1.68. The van der Waals surface area contributed by atoms with Crippen molar-refractivity contribution < 1.29 is 9.47 Å². The third-order valence-electron chi connectivity index (χ3n) is 5.04. The summed E-state index contributed by atoms with van der Waals surface area (Å²) in [4.78, 5) is 4.26. The molecular weight excluding hydrogens is 250 g/mol. The summed E-state index contributed by atoms with van der Waals surface area (Å²) in [6, 6.07) is 1.93. The maximum absolute atomic E-state index is 6.24. The Morgan fingerprint density at radius 2 is 1.90 bits per heavy atom. The molecule has 1 aromatic heterocycles. The van der Waals surface area contributed by atoms with Crippen LogP contribution in [-0.4, -0.2) is 18.2 Å². The van der Waals surface area contributed by atoms with Crippen LogP contribution in [0.25, 0.3) is 0 Å². The van der Waals surface area contributed by atoms with Crippen molar-refractivity contribution in [1.29, 1.82) is 0 Å². The summed E-state index contributed by atoms with van der Waals surface area (Å²) in [5.74, 6) is 3.50. The van der Waals surface area contributed by atoms with E-state index in [9.17, 15) is 0 Å². The van der Waals surface area contributed by atoms with Crippen LogP contribution >= 0.6 is 0 Å². The highest BCUT2D eigenvalue weighted by molar-refractivity contribution is 5.42. The molecule has 2 aliphatic carbocycles. The maximum atomic E-state index is 6.24. The molecule has 2 fully saturated rings. The van der Waals surface area contributed by atoms with Crippen molar-refractivity contribution in [3.8, 4) is 11.5 Å². The lowest BCUT2D eigenvalue weighted by molar-refractivity contribution is 0.0628. The molecule has 0 spiro atoms. The molecule has 0 saturated heterocycles. The summed E-state index contributed by atoms with van der Waals surface area (Å²) in [7, 11) is 1.69. The van der Waals surface area contributed by atoms with Crippen molar-refractivity contribution in [1.82, 2.24) is 4.98 Å². The van der Waals surface area contributed by atoms with E-state index in [0.29, 0.717) is 6.10 Å². The summed E-state index contributed by atoms with van der Waals surface area (Å²) in [5.41, 5.74) is 0.899. The van der Waals surface area contributed by atoms with Crippen molar-refractivity contribution in [2.24, 2.45) is 11.8 Å². The van der Waals surface area contributed by atoms with E-state index in [1.807, 2.05) is 13.0 Å². The Bertz CT molecular complexity index is 460. The zero-order valence-electron chi connectivity index (χ0n) is 12.6. The minimum absolute atomic E-state index is 0.352. The number of aryl methyl sites for hydroxylation is 1. The summed E-state index contributed by atoms with van der Waals surface area (Å²) in [6.07, 6.45) is 11.6. The van der Waals surface area contributed by atoms with Gasteiger partial charge in [-0.1, -0.05) is 25.7 Å². The van der Waals surface area contributed by atoms with Gasteiger partial charge in [0, 0.05) is 12.3 Å². The van der Waals surface area contributed by atoms with Gasteiger partial charge >= 0.3 is 0 Å². The van der Waals surface area contributed by atoms with Crippen molar-refractivity contribution >= 4 is 0 Å². The SMILES string of the molecule is COc1c(OC2CC[C@@H]3CCCC[C@@H]3C2)ccnc1C. The Hall–Kier alpha value is -1.25. The first-order valence-corrected chi connectivity index (χ1v) is 7.94. The number of ether oxygens (including phenoxy) is 2. The van der Waals surface area contributed by atoms with Gasteiger partial charge in [-0.15, -0.1) is 0 Å². The Labute approximate surface area is 121 Å². The molecule has 3 atom stereocenters. The van der Waals surface area contributed by atoms with Crippen LogP contribution in [0.4, 0.5) is 0 Å². The highest BCUT2D eigenvalue weighted by Crippen LogP contribution is 2.42. The zero-order chi connectivity index (χ0) is 13.9. The third-order valence-corrected chi connectivity index (χ3v) is 5.04. The van der Waals surface area contributed by atoms with Gasteiger partial charge in [0.2, 0.25) is 0 Å². The van der Waals surface area contributed by atoms with Crippen LogP contribution in [-0.2, 0) is 0 Å². The van der Waals surface area contributed by atoms with Gasteiger partial charge in [0.1, 0.15) is 0 Å². The van der Waals surface area contributed by atoms with E-state index in [-0.39, 0.29) is 0 Å². The molecule has 0 amide bonds. The number of nitrogens with zero attached hydrogens (tertiary/aromatic N) is 1. The van der Waals surface area contributed by atoms with Gasteiger partial charge in [-0.3, -0.25) is 4.98 Å². The van der Waals surface area contributed by atoms with Gasteiger partial charge in [-0.05, 0) is 38.0 Å². The Kier molecular flexibility index (Phi) is 4.13. The average molecular weight is 275 g/mol. The normalized spacial score (nSPS) is 29.6. The second kappa shape index (κ2) is 6.02. The van der Waals surface area contributed by atoms with Crippen LogP contribution in [0.15, 0.2) is 12.3 Å². The number of pyridine rings is 1. The molecule has 1 heterocycles. The van der Waals surface area contributed by atoms with E-state index in [4.69, 9.17) is 9.47 Å². The minimum atomic E-state index is 0.352. The largest absolute Gasteiger partial charge is 0.491 e. The number of methoxy groups -OCH3 is 1. The molecule has 0 aromatic carbocycles. The molecule has 0 aliphatic heterocycles. The summed E-state index contributed by atoms with van der Waals surface area (Å²) >= 11 is 0. The molecular formula is C17H25NO2. The standard InChI is InChI=1S/C17H25NO2/c1-12-17(19-2)16(9-10-18-12)20-15-8-7-13-5-3-4-6-14(13)11-15/h9-10,13-15H,3-8,11H2,1-2H3/t13-,14+,15?/m0/s1. The summed E-state index contributed by atoms with van der Waals surface area (Å²) in [6.45, 7) is 1.96. The van der Waals surface area contributed by atoms with Gasteiger partial charge < -0.3 is 9.47 Å². The first-order chi connectivity index (χ1) is 9.78. The van der Waals surface area contributed by atoms with Crippen LogP contribution in [0.5, 0.6) is 11.5 Å². The molecule has 0 radical (unpaired) electrons. The summed E-state index contributed by atoms with van der Waals surface area (Å²) < 4.78 is 11.7. The fraction of sp³-hybridized carbons (Fsp3) is 0.706. The van der Waals surface area contributed by atoms with E-state index in [1.54, 1.807) is 13.3 Å². The Morgan fingerprint density at radius 1 is 1.10 bits per heavy atom. The van der Waals surface area contributed by atoms with Gasteiger partial charge in [0.15, 0.2) is 11.5 Å². The molecule has 110 valence electrons. The lowest BCUT2D eigenvalue weighted by atomic mass is 9.70. The Morgan fingerprint density at radius 3 is 2.70 bits per heavy atom. The van der Waals surface area contributed by atoms with Crippen LogP contribution in [0.1, 0.15) is 50.6 Å². The first-order valence-electron chi connectivity index (χ1n) is 7.94. The van der Waals surface area contributed by atoms with Crippen LogP contribution in [0, 0.1) is 18.8 Å². The van der Waals surface area contributed by atoms with Crippen LogP contribution in [0.3, 0.4) is 0 Å². The van der Waals surface area contributed by atoms with Crippen LogP contribution in [0.2, 0.25) is 0 Å². The molecule has 0 N–H and O–H groups in total. The first kappa shape index (κ1) is 13.7. The van der Waals surface area contributed by atoms with E-state index in [1.165, 1.54) is 44.9 Å². The van der Waals surface area contributed by atoms with Crippen molar-refractivity contribution in [2.75, 3.05) is 7.11 Å². The van der Waals surface area contributed by atoms with Crippen molar-refractivity contribution in [3.05, 3.63) is 18.0 Å². The molecule has 20 heavy (non-hydrogen) atoms. The molecule has 1 aromatic rings. The van der Waals surface area contributed by atoms with Gasteiger partial charge in [-0.25, -0.2) is 0 Å². The van der Waals surface area contributed by atoms with Gasteiger partial charge in [-0.2, -0.15) is 0 Å². The van der Waals surface area contributed by atoms with E-state index < -0.39 is 0 Å². The highest BCUT2D eigenvalue weighted by Gasteiger charge is 2.33. The highest BCUT2D eigenvalue weighted by atomic mass is 16.5. The van der Waals surface area contributed by atoms with E-state index >= 15 is 0 Å². The molecule has 3 nitrogen and oxygen atoms in total. The van der Waals surface area contributed by atoms with Gasteiger partial charge in [0.05, 0.1) is 18.9 Å². The predicted molar refractivity (Wildman–Crippen MR) is 79.2 cm³/mol. The van der Waals surface area contributed by atoms with Crippen molar-refractivity contribution in [3.63, 3.8) is 0 Å². The minimum Gasteiger partial charge on any atom is -0.491 e. The fourth-order valence-corrected chi connectivity index (χ4v) is 3.99. The zero-order valence-corrected chi connectivity index (χ0v) is 12.6. The number of fused-ring (bicyclic) bond motifs is 1. The fourth-order valence-electron chi connectivity index (χ4n) is 3.99. The molecule has 3 rings (SSSR count). The van der Waals surface area contributed by atoms with E-state index in [0.717, 1.165) is 29.0 Å². The number of rotatable bonds is 3. The van der Waals surface area contributed by atoms with Crippen molar-refractivity contribution in [2.45, 2.75) is 58.0 Å². The quantitative estimate of drug-likeness (QED) is 0.831. The number of hydrogen-bond acceptors (Lipinski definition) is 3. The summed E-state index contributed by atoms with van der Waals surface area (Å²) in [5, 5.41) is 0. The molecule has 3 heteroatoms. The lowest BCUT2D eigenvalue weighted by Crippen LogP contribution is -2.33. The third kappa shape index (κ3) is 2.77. The van der Waals surface area contributed by atoms with Crippen LogP contribution < -0.4 is 9.47 Å². The van der Waals surface area contributed by atoms with E-state index in [2.05, 4.69) is 4.98 Å². The second-order valence-electron chi connectivity index (χ2n) is 6.29. The molecule has 0 bridgehead atoms. The lowest BCUT2D eigenvalue weighted by Gasteiger charge is -2.39. The molecule has 2 saturated carbocycles. The number of aromatic nitrogens is 1. The predicted octanol–water partition coefficient (Wildman–Crippen LogP) is 4.14. The molecule has 1 unspecified atom stereocenters. The molecule has 2 aliphatic rings.